The van der Waals surface area contributed by atoms with Crippen LogP contribution in [-0.4, -0.2) is 41.9 Å². The lowest BCUT2D eigenvalue weighted by atomic mass is 9.80. The van der Waals surface area contributed by atoms with Gasteiger partial charge < -0.3 is 26.2 Å². The molecule has 1 fully saturated rings. The number of aryl methyl sites for hydroxylation is 1. The highest BCUT2D eigenvalue weighted by Gasteiger charge is 2.50. The Hall–Kier alpha value is -3.01. The Labute approximate surface area is 194 Å². The van der Waals surface area contributed by atoms with Gasteiger partial charge in [-0.05, 0) is 54.5 Å². The number of pyridine rings is 1. The third-order valence-electron chi connectivity index (χ3n) is 6.91. The van der Waals surface area contributed by atoms with E-state index in [1.54, 1.807) is 6.07 Å². The fourth-order valence-electron chi connectivity index (χ4n) is 4.96. The molecular weight excluding hydrogens is 447 g/mol. The predicted octanol–water partition coefficient (Wildman–Crippen LogP) is 3.24. The summed E-state index contributed by atoms with van der Waals surface area (Å²) in [6.45, 7) is 1.93. The highest BCUT2D eigenvalue weighted by molar-refractivity contribution is 6.33. The van der Waals surface area contributed by atoms with E-state index in [1.807, 2.05) is 23.8 Å². The van der Waals surface area contributed by atoms with E-state index in [2.05, 4.69) is 15.0 Å². The predicted molar refractivity (Wildman–Crippen MR) is 125 cm³/mol. The van der Waals surface area contributed by atoms with Gasteiger partial charge in [0.15, 0.2) is 0 Å². The second-order valence-electron chi connectivity index (χ2n) is 9.08. The van der Waals surface area contributed by atoms with E-state index < -0.39 is 23.4 Å². The Morgan fingerprint density at radius 1 is 1.18 bits per heavy atom. The molecule has 5 rings (SSSR count). The largest absolute Gasteiger partial charge is 0.390 e. The molecule has 172 valence electrons. The number of nitrogens with two attached hydrogens (primary N) is 2. The van der Waals surface area contributed by atoms with Crippen LogP contribution < -0.4 is 11.5 Å². The van der Waals surface area contributed by atoms with Gasteiger partial charge in [-0.25, -0.2) is 19.3 Å². The number of nitrogens with zero attached hydrogens (tertiary/aromatic N) is 4. The summed E-state index contributed by atoms with van der Waals surface area (Å²) in [6.07, 6.45) is 2.78. The summed E-state index contributed by atoms with van der Waals surface area (Å²) in [6, 6.07) is 6.13. The van der Waals surface area contributed by atoms with Crippen molar-refractivity contribution in [1.82, 2.24) is 19.5 Å². The molecule has 4 aromatic rings. The Morgan fingerprint density at radius 2 is 1.97 bits per heavy atom. The van der Waals surface area contributed by atoms with Gasteiger partial charge >= 0.3 is 0 Å². The van der Waals surface area contributed by atoms with Crippen molar-refractivity contribution in [2.75, 3.05) is 11.5 Å². The van der Waals surface area contributed by atoms with E-state index >= 15 is 0 Å². The van der Waals surface area contributed by atoms with Gasteiger partial charge in [-0.2, -0.15) is 0 Å². The number of halogens is 2. The average molecular weight is 471 g/mol. The lowest BCUT2D eigenvalue weighted by molar-refractivity contribution is -0.0241. The van der Waals surface area contributed by atoms with E-state index in [4.69, 9.17) is 23.1 Å². The summed E-state index contributed by atoms with van der Waals surface area (Å²) in [4.78, 5) is 12.5. The summed E-state index contributed by atoms with van der Waals surface area (Å²) < 4.78 is 16.5. The zero-order valence-corrected chi connectivity index (χ0v) is 18.7. The van der Waals surface area contributed by atoms with Gasteiger partial charge in [-0.15, -0.1) is 0 Å². The average Bonchev–Trinajstić information content (AvgIpc) is 3.30. The highest BCUT2D eigenvalue weighted by atomic mass is 35.5. The summed E-state index contributed by atoms with van der Waals surface area (Å²) >= 11 is 5.97. The minimum Gasteiger partial charge on any atom is -0.390 e. The Morgan fingerprint density at radius 3 is 2.76 bits per heavy atom. The molecule has 1 aromatic carbocycles. The van der Waals surface area contributed by atoms with Crippen LogP contribution in [0.3, 0.4) is 0 Å². The molecule has 0 saturated heterocycles. The molecule has 4 atom stereocenters. The second-order valence-corrected chi connectivity index (χ2v) is 9.49. The topological polar surface area (TPSA) is 136 Å². The molecule has 0 spiro atoms. The first-order chi connectivity index (χ1) is 15.7. The first-order valence-corrected chi connectivity index (χ1v) is 11.0. The monoisotopic (exact) mass is 470 g/mol. The van der Waals surface area contributed by atoms with Gasteiger partial charge in [0.05, 0.1) is 28.1 Å². The first-order valence-electron chi connectivity index (χ1n) is 10.7. The number of hydrogen-bond acceptors (Lipinski definition) is 7. The SMILES string of the molecule is C[C@]1(CCc2cc(F)c3cc(Cl)c(N)nc3c2)C[C@@H](n2ccc3c(N)ncnc32)[C@H](O)[C@@H]1O. The minimum atomic E-state index is -0.987. The van der Waals surface area contributed by atoms with Crippen LogP contribution in [0.15, 0.2) is 36.8 Å². The standard InChI is InChI=1S/C23H24ClFN6O2/c1-23(4-2-11-6-15(25)13-8-14(24)21(27)30-16(13)7-11)9-17(18(32)19(23)33)31-5-3-12-20(26)28-10-29-22(12)31/h3,5-8,10,17-19,32-33H,2,4,9H2,1H3,(H2,27,30)(H2,26,28,29)/t17-,18+,19+,23+/m1/s1. The highest BCUT2D eigenvalue weighted by Crippen LogP contribution is 2.48. The van der Waals surface area contributed by atoms with Crippen molar-refractivity contribution in [3.8, 4) is 0 Å². The van der Waals surface area contributed by atoms with Crippen LogP contribution in [0.4, 0.5) is 16.0 Å². The van der Waals surface area contributed by atoms with Crippen molar-refractivity contribution in [2.24, 2.45) is 5.41 Å². The maximum atomic E-state index is 14.7. The molecular formula is C23H24ClFN6O2. The fourth-order valence-corrected chi connectivity index (χ4v) is 5.12. The van der Waals surface area contributed by atoms with Gasteiger partial charge in [0.1, 0.15) is 35.5 Å². The molecule has 0 aliphatic heterocycles. The van der Waals surface area contributed by atoms with E-state index in [1.165, 1.54) is 18.5 Å². The smallest absolute Gasteiger partial charge is 0.145 e. The molecule has 3 heterocycles. The van der Waals surface area contributed by atoms with Crippen LogP contribution in [0.2, 0.25) is 5.02 Å². The van der Waals surface area contributed by atoms with E-state index in [0.29, 0.717) is 47.0 Å². The van der Waals surface area contributed by atoms with Crippen molar-refractivity contribution >= 4 is 45.2 Å². The summed E-state index contributed by atoms with van der Waals surface area (Å²) in [7, 11) is 0. The second kappa shape index (κ2) is 7.79. The quantitative estimate of drug-likeness (QED) is 0.359. The maximum absolute atomic E-state index is 14.7. The molecule has 8 nitrogen and oxygen atoms in total. The Bertz CT molecular complexity index is 1380. The van der Waals surface area contributed by atoms with Gasteiger partial charge in [-0.3, -0.25) is 0 Å². The van der Waals surface area contributed by atoms with Crippen LogP contribution >= 0.6 is 11.6 Å². The molecule has 1 aliphatic rings. The number of aliphatic hydroxyl groups excluding tert-OH is 2. The van der Waals surface area contributed by atoms with Crippen LogP contribution in [0.5, 0.6) is 0 Å². The number of hydrogen-bond donors (Lipinski definition) is 4. The van der Waals surface area contributed by atoms with Crippen molar-refractivity contribution < 1.29 is 14.6 Å². The van der Waals surface area contributed by atoms with Crippen molar-refractivity contribution in [1.29, 1.82) is 0 Å². The normalized spacial score (nSPS) is 25.3. The number of aliphatic hydroxyl groups is 2. The summed E-state index contributed by atoms with van der Waals surface area (Å²) in [5.74, 6) is 0.0830. The number of nitrogen functional groups attached to an aromatic ring is 2. The minimum absolute atomic E-state index is 0.147. The Balaban J connectivity index is 1.40. The van der Waals surface area contributed by atoms with Crippen molar-refractivity contribution in [3.63, 3.8) is 0 Å². The molecule has 6 N–H and O–H groups in total. The molecule has 0 radical (unpaired) electrons. The van der Waals surface area contributed by atoms with Gasteiger partial charge in [0, 0.05) is 11.6 Å². The number of benzene rings is 1. The first kappa shape index (κ1) is 21.8. The number of rotatable bonds is 4. The molecule has 3 aromatic heterocycles. The molecule has 0 amide bonds. The molecule has 1 saturated carbocycles. The van der Waals surface area contributed by atoms with Crippen LogP contribution in [0.1, 0.15) is 31.4 Å². The zero-order chi connectivity index (χ0) is 23.5. The maximum Gasteiger partial charge on any atom is 0.145 e. The number of fused-ring (bicyclic) bond motifs is 2. The zero-order valence-electron chi connectivity index (χ0n) is 17.9. The number of anilines is 2. The van der Waals surface area contributed by atoms with Crippen LogP contribution in [0, 0.1) is 11.2 Å². The molecule has 0 unspecified atom stereocenters. The fraction of sp³-hybridized carbons (Fsp3) is 0.348. The lowest BCUT2D eigenvalue weighted by Crippen LogP contribution is -2.35. The summed E-state index contributed by atoms with van der Waals surface area (Å²) in [5.41, 5.74) is 12.9. The van der Waals surface area contributed by atoms with E-state index in [0.717, 1.165) is 5.56 Å². The van der Waals surface area contributed by atoms with E-state index in [-0.39, 0.29) is 16.9 Å². The summed E-state index contributed by atoms with van der Waals surface area (Å²) in [5, 5.41) is 23.1. The lowest BCUT2D eigenvalue weighted by Gasteiger charge is -2.28. The Kier molecular flexibility index (Phi) is 5.15. The molecule has 33 heavy (non-hydrogen) atoms. The molecule has 0 bridgehead atoms. The molecule has 1 aliphatic carbocycles. The van der Waals surface area contributed by atoms with Crippen molar-refractivity contribution in [3.05, 3.63) is 53.2 Å². The van der Waals surface area contributed by atoms with E-state index in [9.17, 15) is 14.6 Å². The number of aromatic nitrogens is 4. The van der Waals surface area contributed by atoms with Crippen LogP contribution in [0.25, 0.3) is 21.9 Å². The third kappa shape index (κ3) is 3.56. The molecule has 10 heteroatoms. The van der Waals surface area contributed by atoms with Crippen LogP contribution in [-0.2, 0) is 6.42 Å². The van der Waals surface area contributed by atoms with Crippen molar-refractivity contribution in [2.45, 2.75) is 44.4 Å². The van der Waals surface area contributed by atoms with Gasteiger partial charge in [0.2, 0.25) is 0 Å². The van der Waals surface area contributed by atoms with Gasteiger partial charge in [0.25, 0.3) is 0 Å². The third-order valence-corrected chi connectivity index (χ3v) is 7.22. The van der Waals surface area contributed by atoms with Gasteiger partial charge in [-0.1, -0.05) is 18.5 Å².